The molecule has 4 heteroatoms. The van der Waals surface area contributed by atoms with Crippen molar-refractivity contribution in [1.29, 1.82) is 0 Å². The molecule has 2 N–H and O–H groups in total. The summed E-state index contributed by atoms with van der Waals surface area (Å²) in [4.78, 5) is 12.5. The molecule has 1 unspecified atom stereocenters. The molecule has 110 valence electrons. The average molecular weight is 276 g/mol. The fraction of sp³-hybridized carbons (Fsp3) is 0.562. The Balaban J connectivity index is 2.16. The molecular formula is C16H24N2O2. The van der Waals surface area contributed by atoms with Gasteiger partial charge in [-0.05, 0) is 36.5 Å². The van der Waals surface area contributed by atoms with Crippen LogP contribution < -0.4 is 10.6 Å². The van der Waals surface area contributed by atoms with E-state index in [9.17, 15) is 4.79 Å². The number of carbonyl (C=O) groups excluding carboxylic acids is 1. The highest BCUT2D eigenvalue weighted by molar-refractivity contribution is 5.97. The van der Waals surface area contributed by atoms with Gasteiger partial charge in [0.05, 0.1) is 12.6 Å². The van der Waals surface area contributed by atoms with Crippen LogP contribution in [0.25, 0.3) is 0 Å². The van der Waals surface area contributed by atoms with Gasteiger partial charge in [-0.1, -0.05) is 19.9 Å². The lowest BCUT2D eigenvalue weighted by Gasteiger charge is -2.24. The molecule has 1 amide bonds. The maximum absolute atomic E-state index is 12.5. The van der Waals surface area contributed by atoms with Crippen molar-refractivity contribution >= 4 is 11.6 Å². The van der Waals surface area contributed by atoms with Crippen LogP contribution in [-0.2, 0) is 11.2 Å². The Bertz CT molecular complexity index is 472. The molecule has 0 saturated heterocycles. The van der Waals surface area contributed by atoms with E-state index in [0.717, 1.165) is 36.2 Å². The highest BCUT2D eigenvalue weighted by Crippen LogP contribution is 2.25. The van der Waals surface area contributed by atoms with Crippen molar-refractivity contribution in [2.24, 2.45) is 5.92 Å². The predicted molar refractivity (Wildman–Crippen MR) is 81.2 cm³/mol. The smallest absolute Gasteiger partial charge is 0.251 e. The summed E-state index contributed by atoms with van der Waals surface area (Å²) in [5.41, 5.74) is 3.02. The predicted octanol–water partition coefficient (Wildman–Crippen LogP) is 2.45. The van der Waals surface area contributed by atoms with Gasteiger partial charge < -0.3 is 15.4 Å². The fourth-order valence-electron chi connectivity index (χ4n) is 2.55. The molecule has 1 aliphatic rings. The van der Waals surface area contributed by atoms with Gasteiger partial charge >= 0.3 is 0 Å². The highest BCUT2D eigenvalue weighted by Gasteiger charge is 2.21. The molecule has 1 aromatic carbocycles. The third-order valence-electron chi connectivity index (χ3n) is 3.81. The van der Waals surface area contributed by atoms with Crippen molar-refractivity contribution in [3.63, 3.8) is 0 Å². The molecule has 0 fully saturated rings. The van der Waals surface area contributed by atoms with Crippen molar-refractivity contribution in [2.75, 3.05) is 25.6 Å². The van der Waals surface area contributed by atoms with Crippen LogP contribution in [0.1, 0.15) is 36.2 Å². The number of carbonyl (C=O) groups is 1. The topological polar surface area (TPSA) is 50.4 Å². The average Bonchev–Trinajstić information content (AvgIpc) is 2.46. The van der Waals surface area contributed by atoms with E-state index in [0.29, 0.717) is 12.5 Å². The minimum absolute atomic E-state index is 0.00120. The minimum atomic E-state index is 0.00120. The highest BCUT2D eigenvalue weighted by atomic mass is 16.5. The van der Waals surface area contributed by atoms with Crippen LogP contribution in [-0.4, -0.2) is 32.2 Å². The van der Waals surface area contributed by atoms with Crippen LogP contribution in [0.3, 0.4) is 0 Å². The zero-order valence-corrected chi connectivity index (χ0v) is 12.5. The standard InChI is InChI=1S/C16H24N2O2/c1-11(2)15(10-20-3)18-16(19)13-6-4-8-14-12(13)7-5-9-17-14/h4,6,8,11,15,17H,5,7,9-10H2,1-3H3,(H,18,19). The van der Waals surface area contributed by atoms with Crippen molar-refractivity contribution in [2.45, 2.75) is 32.7 Å². The van der Waals surface area contributed by atoms with Crippen molar-refractivity contribution in [1.82, 2.24) is 5.32 Å². The van der Waals surface area contributed by atoms with Gasteiger partial charge in [-0.3, -0.25) is 4.79 Å². The van der Waals surface area contributed by atoms with Crippen LogP contribution in [0.2, 0.25) is 0 Å². The maximum Gasteiger partial charge on any atom is 0.251 e. The SMILES string of the molecule is COCC(NC(=O)c1cccc2c1CCCN2)C(C)C. The van der Waals surface area contributed by atoms with Crippen LogP contribution in [0.15, 0.2) is 18.2 Å². The second kappa shape index (κ2) is 6.75. The van der Waals surface area contributed by atoms with Crippen LogP contribution >= 0.6 is 0 Å². The van der Waals surface area contributed by atoms with Crippen LogP contribution in [0.5, 0.6) is 0 Å². The lowest BCUT2D eigenvalue weighted by Crippen LogP contribution is -2.42. The first-order chi connectivity index (χ1) is 9.63. The van der Waals surface area contributed by atoms with Gasteiger partial charge in [0.15, 0.2) is 0 Å². The first-order valence-corrected chi connectivity index (χ1v) is 7.29. The summed E-state index contributed by atoms with van der Waals surface area (Å²) in [6.45, 7) is 5.70. The molecule has 1 heterocycles. The molecule has 0 aliphatic carbocycles. The summed E-state index contributed by atoms with van der Waals surface area (Å²) in [7, 11) is 1.66. The van der Waals surface area contributed by atoms with Crippen LogP contribution in [0, 0.1) is 5.92 Å². The number of methoxy groups -OCH3 is 1. The lowest BCUT2D eigenvalue weighted by atomic mass is 9.96. The van der Waals surface area contributed by atoms with E-state index in [2.05, 4.69) is 24.5 Å². The van der Waals surface area contributed by atoms with Gasteiger partial charge in [-0.2, -0.15) is 0 Å². The van der Waals surface area contributed by atoms with E-state index in [1.165, 1.54) is 0 Å². The Hall–Kier alpha value is -1.55. The number of nitrogens with one attached hydrogen (secondary N) is 2. The number of ether oxygens (including phenoxy) is 1. The zero-order valence-electron chi connectivity index (χ0n) is 12.5. The second-order valence-electron chi connectivity index (χ2n) is 5.64. The summed E-state index contributed by atoms with van der Waals surface area (Å²) < 4.78 is 5.19. The minimum Gasteiger partial charge on any atom is -0.385 e. The van der Waals surface area contributed by atoms with Gasteiger partial charge in [0.25, 0.3) is 5.91 Å². The first kappa shape index (κ1) is 14.9. The van der Waals surface area contributed by atoms with Gasteiger partial charge in [-0.15, -0.1) is 0 Å². The summed E-state index contributed by atoms with van der Waals surface area (Å²) >= 11 is 0. The Morgan fingerprint density at radius 1 is 1.45 bits per heavy atom. The number of rotatable bonds is 5. The quantitative estimate of drug-likeness (QED) is 0.868. The van der Waals surface area contributed by atoms with Gasteiger partial charge in [0.2, 0.25) is 0 Å². The number of hydrogen-bond acceptors (Lipinski definition) is 3. The number of amides is 1. The first-order valence-electron chi connectivity index (χ1n) is 7.29. The molecule has 0 spiro atoms. The number of benzene rings is 1. The number of hydrogen-bond donors (Lipinski definition) is 2. The Labute approximate surface area is 120 Å². The summed E-state index contributed by atoms with van der Waals surface area (Å²) in [6, 6.07) is 5.93. The second-order valence-corrected chi connectivity index (χ2v) is 5.64. The Kier molecular flexibility index (Phi) is 5.01. The van der Waals surface area contributed by atoms with E-state index in [4.69, 9.17) is 4.74 Å². The van der Waals surface area contributed by atoms with Crippen LogP contribution in [0.4, 0.5) is 5.69 Å². The van der Waals surface area contributed by atoms with Crippen molar-refractivity contribution in [3.8, 4) is 0 Å². The largest absolute Gasteiger partial charge is 0.385 e. The van der Waals surface area contributed by atoms with E-state index in [1.54, 1.807) is 7.11 Å². The Morgan fingerprint density at radius 3 is 2.95 bits per heavy atom. The van der Waals surface area contributed by atoms with Gasteiger partial charge in [-0.25, -0.2) is 0 Å². The molecule has 4 nitrogen and oxygen atoms in total. The normalized spacial score (nSPS) is 15.4. The summed E-state index contributed by atoms with van der Waals surface area (Å²) in [5.74, 6) is 0.345. The summed E-state index contributed by atoms with van der Waals surface area (Å²) in [5, 5.41) is 6.45. The molecule has 1 atom stereocenters. The number of fused-ring (bicyclic) bond motifs is 1. The molecule has 20 heavy (non-hydrogen) atoms. The molecule has 0 aromatic heterocycles. The van der Waals surface area contributed by atoms with E-state index >= 15 is 0 Å². The monoisotopic (exact) mass is 276 g/mol. The van der Waals surface area contributed by atoms with Crippen molar-refractivity contribution < 1.29 is 9.53 Å². The Morgan fingerprint density at radius 2 is 2.25 bits per heavy atom. The van der Waals surface area contributed by atoms with E-state index < -0.39 is 0 Å². The fourth-order valence-corrected chi connectivity index (χ4v) is 2.55. The van der Waals surface area contributed by atoms with E-state index in [-0.39, 0.29) is 11.9 Å². The van der Waals surface area contributed by atoms with Gasteiger partial charge in [0, 0.05) is 24.9 Å². The number of anilines is 1. The molecule has 1 aliphatic heterocycles. The van der Waals surface area contributed by atoms with Gasteiger partial charge in [0.1, 0.15) is 0 Å². The molecule has 2 rings (SSSR count). The third kappa shape index (κ3) is 3.31. The van der Waals surface area contributed by atoms with Crippen molar-refractivity contribution in [3.05, 3.63) is 29.3 Å². The zero-order chi connectivity index (χ0) is 14.5. The third-order valence-corrected chi connectivity index (χ3v) is 3.81. The molecule has 1 aromatic rings. The maximum atomic E-state index is 12.5. The lowest BCUT2D eigenvalue weighted by molar-refractivity contribution is 0.0865. The van der Waals surface area contributed by atoms with E-state index in [1.807, 2.05) is 18.2 Å². The molecule has 0 saturated carbocycles. The molecule has 0 radical (unpaired) electrons. The molecular weight excluding hydrogens is 252 g/mol. The molecule has 0 bridgehead atoms. The summed E-state index contributed by atoms with van der Waals surface area (Å²) in [6.07, 6.45) is 2.03.